The number of hydrogen-bond donors (Lipinski definition) is 0. The van der Waals surface area contributed by atoms with Crippen molar-refractivity contribution in [2.75, 3.05) is 26.4 Å². The molecule has 0 aliphatic carbocycles. The van der Waals surface area contributed by atoms with Crippen molar-refractivity contribution in [3.8, 4) is 0 Å². The Kier molecular flexibility index (Phi) is 7.42. The third kappa shape index (κ3) is 6.12. The first-order chi connectivity index (χ1) is 11.7. The standard InChI is InChI=1S/C18H22O6/c19-16-8-6-15(18(21)14-4-2-1-3-5-14)7-9-17(20)24-13-11-22-10-12-23-16/h1-5,15H,6-13H2. The summed E-state index contributed by atoms with van der Waals surface area (Å²) < 4.78 is 15.3. The SMILES string of the molecule is O=C1CCC(C(=O)c2ccccc2)CCC(=O)OCCOCCO1. The van der Waals surface area contributed by atoms with Gasteiger partial charge < -0.3 is 14.2 Å². The third-order valence-corrected chi connectivity index (χ3v) is 3.80. The number of Topliss-reactive ketones (excluding diaryl/α,β-unsaturated/α-hetero) is 1. The van der Waals surface area contributed by atoms with Crippen LogP contribution in [0.25, 0.3) is 0 Å². The topological polar surface area (TPSA) is 78.9 Å². The first-order valence-electron chi connectivity index (χ1n) is 8.15. The summed E-state index contributed by atoms with van der Waals surface area (Å²) >= 11 is 0. The lowest BCUT2D eigenvalue weighted by molar-refractivity contribution is -0.147. The van der Waals surface area contributed by atoms with Crippen LogP contribution in [0.4, 0.5) is 0 Å². The Balaban J connectivity index is 2.02. The molecule has 0 aromatic heterocycles. The fraction of sp³-hybridized carbons (Fsp3) is 0.500. The summed E-state index contributed by atoms with van der Waals surface area (Å²) in [7, 11) is 0. The molecule has 1 aromatic rings. The minimum absolute atomic E-state index is 0.0633. The fourth-order valence-electron chi connectivity index (χ4n) is 2.50. The number of cyclic esters (lactones) is 2. The molecule has 0 bridgehead atoms. The highest BCUT2D eigenvalue weighted by Crippen LogP contribution is 2.20. The zero-order chi connectivity index (χ0) is 17.2. The molecule has 6 heteroatoms. The zero-order valence-corrected chi connectivity index (χ0v) is 13.6. The van der Waals surface area contributed by atoms with E-state index in [1.54, 1.807) is 24.3 Å². The third-order valence-electron chi connectivity index (χ3n) is 3.80. The van der Waals surface area contributed by atoms with Gasteiger partial charge in [0.1, 0.15) is 13.2 Å². The predicted octanol–water partition coefficient (Wildman–Crippen LogP) is 2.16. The number of benzene rings is 1. The van der Waals surface area contributed by atoms with Gasteiger partial charge in [0.25, 0.3) is 0 Å². The number of hydrogen-bond acceptors (Lipinski definition) is 6. The largest absolute Gasteiger partial charge is 0.463 e. The van der Waals surface area contributed by atoms with Gasteiger partial charge in [0.15, 0.2) is 5.78 Å². The van der Waals surface area contributed by atoms with Crippen molar-refractivity contribution in [1.29, 1.82) is 0 Å². The molecule has 0 spiro atoms. The van der Waals surface area contributed by atoms with Crippen LogP contribution in [-0.4, -0.2) is 44.1 Å². The van der Waals surface area contributed by atoms with Gasteiger partial charge in [-0.15, -0.1) is 0 Å². The van der Waals surface area contributed by atoms with Crippen LogP contribution >= 0.6 is 0 Å². The van der Waals surface area contributed by atoms with E-state index in [1.807, 2.05) is 6.07 Å². The molecule has 0 unspecified atom stereocenters. The maximum atomic E-state index is 12.6. The maximum Gasteiger partial charge on any atom is 0.305 e. The van der Waals surface area contributed by atoms with Gasteiger partial charge >= 0.3 is 11.9 Å². The summed E-state index contributed by atoms with van der Waals surface area (Å²) in [5, 5.41) is 0. The average molecular weight is 334 g/mol. The quantitative estimate of drug-likeness (QED) is 0.609. The Labute approximate surface area is 141 Å². The summed E-state index contributed by atoms with van der Waals surface area (Å²) in [5.74, 6) is -1.19. The lowest BCUT2D eigenvalue weighted by atomic mass is 9.89. The van der Waals surface area contributed by atoms with Crippen LogP contribution in [0.1, 0.15) is 36.0 Å². The normalized spacial score (nSPS) is 19.0. The molecule has 6 nitrogen and oxygen atoms in total. The maximum absolute atomic E-state index is 12.6. The van der Waals surface area contributed by atoms with Crippen molar-refractivity contribution in [3.63, 3.8) is 0 Å². The molecule has 0 N–H and O–H groups in total. The molecule has 0 atom stereocenters. The van der Waals surface area contributed by atoms with E-state index in [0.717, 1.165) is 0 Å². The van der Waals surface area contributed by atoms with Crippen LogP contribution in [0.15, 0.2) is 30.3 Å². The fourth-order valence-corrected chi connectivity index (χ4v) is 2.50. The van der Waals surface area contributed by atoms with Crippen molar-refractivity contribution in [1.82, 2.24) is 0 Å². The molecule has 1 aliphatic heterocycles. The van der Waals surface area contributed by atoms with Crippen molar-refractivity contribution >= 4 is 17.7 Å². The van der Waals surface area contributed by atoms with Crippen LogP contribution in [0, 0.1) is 5.92 Å². The molecule has 24 heavy (non-hydrogen) atoms. The van der Waals surface area contributed by atoms with Gasteiger partial charge in [0, 0.05) is 24.3 Å². The van der Waals surface area contributed by atoms with Gasteiger partial charge in [-0.1, -0.05) is 30.3 Å². The van der Waals surface area contributed by atoms with Crippen LogP contribution in [0.2, 0.25) is 0 Å². The molecule has 1 aromatic carbocycles. The number of carbonyl (C=O) groups is 3. The van der Waals surface area contributed by atoms with E-state index in [9.17, 15) is 14.4 Å². The Hall–Kier alpha value is -2.21. The van der Waals surface area contributed by atoms with Gasteiger partial charge in [0.2, 0.25) is 0 Å². The van der Waals surface area contributed by atoms with Gasteiger partial charge in [-0.25, -0.2) is 0 Å². The summed E-state index contributed by atoms with van der Waals surface area (Å²) in [4.78, 5) is 36.1. The van der Waals surface area contributed by atoms with Crippen molar-refractivity contribution in [2.24, 2.45) is 5.92 Å². The number of carbonyl (C=O) groups excluding carboxylic acids is 3. The predicted molar refractivity (Wildman–Crippen MR) is 85.5 cm³/mol. The van der Waals surface area contributed by atoms with E-state index in [1.165, 1.54) is 0 Å². The molecule has 130 valence electrons. The Morgan fingerprint density at radius 3 is 1.92 bits per heavy atom. The van der Waals surface area contributed by atoms with Crippen LogP contribution in [0.5, 0.6) is 0 Å². The van der Waals surface area contributed by atoms with Gasteiger partial charge in [-0.05, 0) is 12.8 Å². The molecule has 0 amide bonds. The zero-order valence-electron chi connectivity index (χ0n) is 13.6. The van der Waals surface area contributed by atoms with E-state index in [4.69, 9.17) is 14.2 Å². The lowest BCUT2D eigenvalue weighted by Crippen LogP contribution is -2.21. The van der Waals surface area contributed by atoms with Gasteiger partial charge in [0.05, 0.1) is 13.2 Å². The van der Waals surface area contributed by atoms with E-state index in [2.05, 4.69) is 0 Å². The minimum atomic E-state index is -0.410. The summed E-state index contributed by atoms with van der Waals surface area (Å²) in [5.41, 5.74) is 0.582. The first-order valence-corrected chi connectivity index (χ1v) is 8.15. The summed E-state index contributed by atoms with van der Waals surface area (Å²) in [6.45, 7) is 0.833. The van der Waals surface area contributed by atoms with Crippen molar-refractivity contribution in [3.05, 3.63) is 35.9 Å². The second-order valence-corrected chi connectivity index (χ2v) is 5.56. The van der Waals surface area contributed by atoms with Crippen molar-refractivity contribution < 1.29 is 28.6 Å². The van der Waals surface area contributed by atoms with E-state index < -0.39 is 5.92 Å². The summed E-state index contributed by atoms with van der Waals surface area (Å²) in [6.07, 6.45) is 0.970. The van der Waals surface area contributed by atoms with E-state index in [-0.39, 0.29) is 57.0 Å². The van der Waals surface area contributed by atoms with Crippen LogP contribution in [0.3, 0.4) is 0 Å². The number of rotatable bonds is 2. The monoisotopic (exact) mass is 334 g/mol. The molecule has 1 heterocycles. The van der Waals surface area contributed by atoms with Gasteiger partial charge in [-0.3, -0.25) is 14.4 Å². The average Bonchev–Trinajstić information content (AvgIpc) is 2.60. The van der Waals surface area contributed by atoms with E-state index >= 15 is 0 Å². The minimum Gasteiger partial charge on any atom is -0.463 e. The van der Waals surface area contributed by atoms with Gasteiger partial charge in [-0.2, -0.15) is 0 Å². The lowest BCUT2D eigenvalue weighted by Gasteiger charge is -2.16. The molecule has 1 saturated heterocycles. The van der Waals surface area contributed by atoms with Crippen LogP contribution < -0.4 is 0 Å². The Morgan fingerprint density at radius 2 is 1.38 bits per heavy atom. The number of ether oxygens (including phenoxy) is 3. The molecular weight excluding hydrogens is 312 g/mol. The second-order valence-electron chi connectivity index (χ2n) is 5.56. The highest BCUT2D eigenvalue weighted by Gasteiger charge is 2.23. The Bertz CT molecular complexity index is 530. The Morgan fingerprint density at radius 1 is 0.833 bits per heavy atom. The highest BCUT2D eigenvalue weighted by atomic mass is 16.6. The summed E-state index contributed by atoms with van der Waals surface area (Å²) in [6, 6.07) is 8.89. The molecular formula is C18H22O6. The molecule has 2 rings (SSSR count). The molecule has 0 radical (unpaired) electrons. The smallest absolute Gasteiger partial charge is 0.305 e. The molecule has 1 aliphatic rings. The number of esters is 2. The molecule has 1 fully saturated rings. The number of ketones is 1. The van der Waals surface area contributed by atoms with Crippen LogP contribution in [-0.2, 0) is 23.8 Å². The first kappa shape index (κ1) is 18.1. The van der Waals surface area contributed by atoms with E-state index in [0.29, 0.717) is 18.4 Å². The second kappa shape index (κ2) is 9.82. The van der Waals surface area contributed by atoms with Crippen molar-refractivity contribution in [2.45, 2.75) is 25.7 Å². The molecule has 0 saturated carbocycles. The highest BCUT2D eigenvalue weighted by molar-refractivity contribution is 5.98.